The fraction of sp³-hybridized carbons (Fsp3) is 0.174. The van der Waals surface area contributed by atoms with Gasteiger partial charge in [0, 0.05) is 39.5 Å². The molecule has 242 valence electrons. The summed E-state index contributed by atoms with van der Waals surface area (Å²) in [7, 11) is -2.31. The molecule has 0 N–H and O–H groups in total. The van der Waals surface area contributed by atoms with Crippen LogP contribution in [0.4, 0.5) is 28.4 Å². The van der Waals surface area contributed by atoms with Crippen molar-refractivity contribution in [3.05, 3.63) is 162 Å². The zero-order chi connectivity index (χ0) is 33.6. The summed E-state index contributed by atoms with van der Waals surface area (Å²) in [5, 5.41) is 4.54. The summed E-state index contributed by atoms with van der Waals surface area (Å²) in [5.74, 6) is 0. The second-order valence-corrected chi connectivity index (χ2v) is 19.2. The minimum Gasteiger partial charge on any atom is -0.314 e. The molecule has 0 aromatic heterocycles. The van der Waals surface area contributed by atoms with Crippen LogP contribution < -0.4 is 41.7 Å². The molecule has 10 rings (SSSR count). The van der Waals surface area contributed by atoms with Gasteiger partial charge in [-0.1, -0.05) is 145 Å². The molecule has 1 unspecified atom stereocenters. The first-order valence-corrected chi connectivity index (χ1v) is 20.9. The van der Waals surface area contributed by atoms with Gasteiger partial charge in [0.2, 0.25) is 6.71 Å². The van der Waals surface area contributed by atoms with E-state index in [1.54, 1.807) is 5.57 Å². The third-order valence-corrected chi connectivity index (χ3v) is 17.0. The number of benzene rings is 6. The molecule has 4 aliphatic rings. The number of nitrogens with zero attached hydrogens (tertiary/aromatic N) is 2. The van der Waals surface area contributed by atoms with Crippen LogP contribution in [0.1, 0.15) is 45.1 Å². The Morgan fingerprint density at radius 2 is 1.24 bits per heavy atom. The van der Waals surface area contributed by atoms with Crippen LogP contribution in [0.25, 0.3) is 0 Å². The average Bonchev–Trinajstić information content (AvgIpc) is 3.17. The Labute approximate surface area is 297 Å². The summed E-state index contributed by atoms with van der Waals surface area (Å²) in [6.07, 6.45) is 4.81. The van der Waals surface area contributed by atoms with E-state index < -0.39 is 8.07 Å². The van der Waals surface area contributed by atoms with Crippen molar-refractivity contribution in [3.63, 3.8) is 0 Å². The lowest BCUT2D eigenvalue weighted by Crippen LogP contribution is -2.82. The summed E-state index contributed by atoms with van der Waals surface area (Å²) in [6.45, 7) is 7.62. The lowest BCUT2D eigenvalue weighted by molar-refractivity contribution is 0.517. The summed E-state index contributed by atoms with van der Waals surface area (Å²) in [4.78, 5) is 5.19. The van der Waals surface area contributed by atoms with E-state index in [1.807, 2.05) is 0 Å². The maximum Gasteiger partial charge on any atom is 0.246 e. The summed E-state index contributed by atoms with van der Waals surface area (Å²) in [5.41, 5.74) is 15.3. The zero-order valence-electron chi connectivity index (χ0n) is 29.2. The summed E-state index contributed by atoms with van der Waals surface area (Å²) < 4.78 is 0. The third-order valence-electron chi connectivity index (χ3n) is 12.4. The van der Waals surface area contributed by atoms with Crippen LogP contribution in [0.15, 0.2) is 157 Å². The van der Waals surface area contributed by atoms with E-state index in [9.17, 15) is 0 Å². The van der Waals surface area contributed by atoms with Gasteiger partial charge in [0.05, 0.1) is 0 Å². The monoisotopic (exact) mass is 660 g/mol. The van der Waals surface area contributed by atoms with Gasteiger partial charge in [0.15, 0.2) is 0 Å². The van der Waals surface area contributed by atoms with Gasteiger partial charge in [-0.05, 0) is 89.3 Å². The Bertz CT molecular complexity index is 2350. The fourth-order valence-electron chi connectivity index (χ4n) is 10.1. The van der Waals surface area contributed by atoms with Crippen LogP contribution in [0.3, 0.4) is 0 Å². The Balaban J connectivity index is 1.25. The van der Waals surface area contributed by atoms with Crippen molar-refractivity contribution in [3.8, 4) is 0 Å². The number of para-hydroxylation sites is 2. The number of hydrogen-bond acceptors (Lipinski definition) is 2. The molecular weight excluding hydrogens is 619 g/mol. The number of fused-ring (bicyclic) bond motifs is 5. The predicted octanol–water partition coefficient (Wildman–Crippen LogP) is 7.66. The molecule has 0 amide bonds. The van der Waals surface area contributed by atoms with Crippen LogP contribution in [0.5, 0.6) is 0 Å². The molecule has 1 aliphatic carbocycles. The normalized spacial score (nSPS) is 19.6. The Kier molecular flexibility index (Phi) is 6.54. The van der Waals surface area contributed by atoms with Crippen molar-refractivity contribution in [2.24, 2.45) is 0 Å². The highest BCUT2D eigenvalue weighted by Gasteiger charge is 2.49. The van der Waals surface area contributed by atoms with Crippen LogP contribution in [0, 0.1) is 0 Å². The molecule has 2 nitrogen and oxygen atoms in total. The van der Waals surface area contributed by atoms with Gasteiger partial charge in [0.25, 0.3) is 0 Å². The highest BCUT2D eigenvalue weighted by molar-refractivity contribution is 7.20. The molecule has 0 saturated carbocycles. The maximum absolute atomic E-state index is 2.62. The van der Waals surface area contributed by atoms with E-state index in [-0.39, 0.29) is 12.1 Å². The van der Waals surface area contributed by atoms with E-state index in [1.165, 1.54) is 90.9 Å². The highest BCUT2D eigenvalue weighted by atomic mass is 28.3. The van der Waals surface area contributed by atoms with E-state index in [2.05, 4.69) is 176 Å². The first kappa shape index (κ1) is 29.8. The smallest absolute Gasteiger partial charge is 0.246 e. The second kappa shape index (κ2) is 11.0. The number of hydrogen-bond donors (Lipinski definition) is 0. The fourth-order valence-corrected chi connectivity index (χ4v) is 14.3. The second-order valence-electron chi connectivity index (χ2n) is 15.3. The quantitative estimate of drug-likeness (QED) is 0.180. The molecule has 3 heterocycles. The molecular formula is C46H41BN2Si. The van der Waals surface area contributed by atoms with Crippen molar-refractivity contribution < 1.29 is 0 Å². The van der Waals surface area contributed by atoms with E-state index in [0.29, 0.717) is 0 Å². The number of allylic oxidation sites excluding steroid dienone is 2. The van der Waals surface area contributed by atoms with Crippen molar-refractivity contribution in [1.29, 1.82) is 0 Å². The van der Waals surface area contributed by atoms with Crippen LogP contribution >= 0.6 is 0 Å². The molecule has 4 heteroatoms. The van der Waals surface area contributed by atoms with Crippen LogP contribution in [-0.4, -0.2) is 14.8 Å². The van der Waals surface area contributed by atoms with Gasteiger partial charge >= 0.3 is 0 Å². The maximum atomic E-state index is 2.62. The lowest BCUT2D eigenvalue weighted by Gasteiger charge is -2.47. The Hall–Kier alpha value is -5.06. The molecule has 0 fully saturated rings. The number of rotatable bonds is 3. The molecule has 50 heavy (non-hydrogen) atoms. The first-order chi connectivity index (χ1) is 24.5. The van der Waals surface area contributed by atoms with Crippen molar-refractivity contribution in [2.75, 3.05) is 9.80 Å². The van der Waals surface area contributed by atoms with E-state index in [0.717, 1.165) is 6.42 Å². The van der Waals surface area contributed by atoms with Crippen LogP contribution in [-0.2, 0) is 5.41 Å². The minimum atomic E-state index is -2.31. The zero-order valence-corrected chi connectivity index (χ0v) is 30.2. The average molecular weight is 661 g/mol. The Morgan fingerprint density at radius 1 is 0.560 bits per heavy atom. The minimum absolute atomic E-state index is 0.0313. The molecule has 3 aliphatic heterocycles. The topological polar surface area (TPSA) is 6.48 Å². The van der Waals surface area contributed by atoms with Crippen LogP contribution in [0.2, 0.25) is 6.55 Å². The van der Waals surface area contributed by atoms with E-state index in [4.69, 9.17) is 0 Å². The van der Waals surface area contributed by atoms with Gasteiger partial charge in [-0.2, -0.15) is 0 Å². The predicted molar refractivity (Wildman–Crippen MR) is 216 cm³/mol. The van der Waals surface area contributed by atoms with Gasteiger partial charge < -0.3 is 9.80 Å². The van der Waals surface area contributed by atoms with Gasteiger partial charge in [-0.15, -0.1) is 0 Å². The standard InChI is InChI=1S/C46H41BN2Si/c1-46(2)35-21-10-13-24-39(35)49(40-25-14-11-22-36(40)46)33-29-30-37-42(31-33)48(32-17-6-4-7-18-32)41-26-16-28-44-45(41)47(37)38-23-12-15-27-43(38)50(44,3)34-19-8-5-9-20-34/h4-10,12-13,15-21,23-24,26-31H,11,14,22,25H2,1-3H3. The summed E-state index contributed by atoms with van der Waals surface area (Å²) >= 11 is 0. The largest absolute Gasteiger partial charge is 0.314 e. The lowest BCUT2D eigenvalue weighted by atomic mass is 9.35. The molecule has 0 bridgehead atoms. The van der Waals surface area contributed by atoms with Crippen molar-refractivity contribution in [1.82, 2.24) is 0 Å². The number of anilines is 5. The van der Waals surface area contributed by atoms with Crippen molar-refractivity contribution >= 4 is 75.2 Å². The van der Waals surface area contributed by atoms with Crippen molar-refractivity contribution in [2.45, 2.75) is 51.5 Å². The first-order valence-electron chi connectivity index (χ1n) is 18.4. The molecule has 0 radical (unpaired) electrons. The molecule has 0 saturated heterocycles. The van der Waals surface area contributed by atoms with Gasteiger partial charge in [0.1, 0.15) is 8.07 Å². The van der Waals surface area contributed by atoms with Gasteiger partial charge in [-0.3, -0.25) is 0 Å². The third kappa shape index (κ3) is 4.03. The molecule has 0 spiro atoms. The SMILES string of the molecule is CC1(C)C2=C(CCCC2)N(c2ccc3c(c2)N(c2ccccc2)c2cccc4c2B3c2ccccc2[Si]4(C)c2ccccc2)c2ccccc21. The molecule has 6 aromatic rings. The summed E-state index contributed by atoms with van der Waals surface area (Å²) in [6, 6.07) is 55.5. The highest BCUT2D eigenvalue weighted by Crippen LogP contribution is 2.52. The molecule has 6 aromatic carbocycles. The molecule has 1 atom stereocenters. The van der Waals surface area contributed by atoms with E-state index >= 15 is 0 Å². The Morgan fingerprint density at radius 3 is 2.08 bits per heavy atom. The van der Waals surface area contributed by atoms with Gasteiger partial charge in [-0.25, -0.2) is 0 Å².